The predicted octanol–water partition coefficient (Wildman–Crippen LogP) is 1.84. The Balaban J connectivity index is 2.63. The standard InChI is InChI=1S/C10H19NO/c1-4-6-10(2)8-9(12)5-7-11(10)3/h4-8H2,1-3H3. The highest BCUT2D eigenvalue weighted by molar-refractivity contribution is 5.80. The molecule has 1 aliphatic heterocycles. The predicted molar refractivity (Wildman–Crippen MR) is 50.2 cm³/mol. The summed E-state index contributed by atoms with van der Waals surface area (Å²) in [6, 6.07) is 0. The lowest BCUT2D eigenvalue weighted by Crippen LogP contribution is -2.49. The highest BCUT2D eigenvalue weighted by Crippen LogP contribution is 2.28. The van der Waals surface area contributed by atoms with Crippen LogP contribution in [0.3, 0.4) is 0 Å². The molecule has 0 bridgehead atoms. The van der Waals surface area contributed by atoms with E-state index >= 15 is 0 Å². The molecule has 1 fully saturated rings. The van der Waals surface area contributed by atoms with Gasteiger partial charge in [-0.25, -0.2) is 0 Å². The average molecular weight is 169 g/mol. The van der Waals surface area contributed by atoms with Crippen LogP contribution in [0, 0.1) is 0 Å². The van der Waals surface area contributed by atoms with Gasteiger partial charge in [0.2, 0.25) is 0 Å². The maximum Gasteiger partial charge on any atom is 0.136 e. The van der Waals surface area contributed by atoms with E-state index in [1.807, 2.05) is 0 Å². The van der Waals surface area contributed by atoms with E-state index in [1.54, 1.807) is 0 Å². The molecule has 0 aromatic carbocycles. The molecule has 1 rings (SSSR count). The zero-order valence-electron chi connectivity index (χ0n) is 8.39. The second kappa shape index (κ2) is 3.56. The molecule has 0 aliphatic carbocycles. The highest BCUT2D eigenvalue weighted by Gasteiger charge is 2.34. The van der Waals surface area contributed by atoms with Gasteiger partial charge < -0.3 is 4.90 Å². The van der Waals surface area contributed by atoms with Crippen LogP contribution in [0.25, 0.3) is 0 Å². The largest absolute Gasteiger partial charge is 0.300 e. The van der Waals surface area contributed by atoms with Gasteiger partial charge in [0.1, 0.15) is 5.78 Å². The zero-order valence-corrected chi connectivity index (χ0v) is 8.39. The number of rotatable bonds is 2. The number of ketones is 1. The van der Waals surface area contributed by atoms with Crippen molar-refractivity contribution in [3.63, 3.8) is 0 Å². The minimum absolute atomic E-state index is 0.143. The van der Waals surface area contributed by atoms with Crippen LogP contribution in [0.2, 0.25) is 0 Å². The Morgan fingerprint density at radius 1 is 1.58 bits per heavy atom. The molecule has 0 saturated carbocycles. The van der Waals surface area contributed by atoms with Crippen molar-refractivity contribution in [2.24, 2.45) is 0 Å². The lowest BCUT2D eigenvalue weighted by Gasteiger charge is -2.42. The Bertz CT molecular complexity index is 179. The van der Waals surface area contributed by atoms with Crippen LogP contribution in [-0.2, 0) is 4.79 Å². The quantitative estimate of drug-likeness (QED) is 0.628. The van der Waals surface area contributed by atoms with Crippen molar-refractivity contribution >= 4 is 5.78 Å². The van der Waals surface area contributed by atoms with Crippen molar-refractivity contribution in [2.75, 3.05) is 13.6 Å². The normalized spacial score (nSPS) is 32.4. The molecule has 1 atom stereocenters. The number of nitrogens with zero attached hydrogens (tertiary/aromatic N) is 1. The first kappa shape index (κ1) is 9.72. The second-order valence-corrected chi connectivity index (χ2v) is 4.13. The minimum atomic E-state index is 0.143. The van der Waals surface area contributed by atoms with Crippen molar-refractivity contribution in [3.05, 3.63) is 0 Å². The van der Waals surface area contributed by atoms with Crippen molar-refractivity contribution in [1.82, 2.24) is 4.90 Å². The summed E-state index contributed by atoms with van der Waals surface area (Å²) in [7, 11) is 2.13. The Labute approximate surface area is 74.9 Å². The smallest absolute Gasteiger partial charge is 0.136 e. The zero-order chi connectivity index (χ0) is 9.19. The molecule has 0 N–H and O–H groups in total. The molecular weight excluding hydrogens is 150 g/mol. The van der Waals surface area contributed by atoms with Gasteiger partial charge in [-0.05, 0) is 20.4 Å². The summed E-state index contributed by atoms with van der Waals surface area (Å²) < 4.78 is 0. The van der Waals surface area contributed by atoms with E-state index in [1.165, 1.54) is 0 Å². The van der Waals surface area contributed by atoms with E-state index in [0.717, 1.165) is 32.2 Å². The highest BCUT2D eigenvalue weighted by atomic mass is 16.1. The molecule has 0 aromatic rings. The third-order valence-electron chi connectivity index (χ3n) is 3.01. The fourth-order valence-corrected chi connectivity index (χ4v) is 2.03. The summed E-state index contributed by atoms with van der Waals surface area (Å²) in [5, 5.41) is 0. The first-order valence-corrected chi connectivity index (χ1v) is 4.81. The topological polar surface area (TPSA) is 20.3 Å². The number of carbonyl (C=O) groups is 1. The van der Waals surface area contributed by atoms with Crippen molar-refractivity contribution < 1.29 is 4.79 Å². The van der Waals surface area contributed by atoms with Crippen LogP contribution in [-0.4, -0.2) is 29.8 Å². The molecule has 0 radical (unpaired) electrons. The fourth-order valence-electron chi connectivity index (χ4n) is 2.03. The van der Waals surface area contributed by atoms with Crippen molar-refractivity contribution in [2.45, 2.75) is 45.1 Å². The molecule has 0 aromatic heterocycles. The van der Waals surface area contributed by atoms with Crippen LogP contribution < -0.4 is 0 Å². The van der Waals surface area contributed by atoms with Gasteiger partial charge in [0.15, 0.2) is 0 Å². The van der Waals surface area contributed by atoms with Crippen molar-refractivity contribution in [3.8, 4) is 0 Å². The minimum Gasteiger partial charge on any atom is -0.300 e. The number of carbonyl (C=O) groups excluding carboxylic acids is 1. The van der Waals surface area contributed by atoms with Gasteiger partial charge in [0.25, 0.3) is 0 Å². The van der Waals surface area contributed by atoms with E-state index in [-0.39, 0.29) is 5.54 Å². The van der Waals surface area contributed by atoms with Gasteiger partial charge >= 0.3 is 0 Å². The molecule has 1 aliphatic rings. The van der Waals surface area contributed by atoms with Crippen molar-refractivity contribution in [1.29, 1.82) is 0 Å². The molecule has 2 heteroatoms. The third kappa shape index (κ3) is 1.86. The van der Waals surface area contributed by atoms with Gasteiger partial charge in [-0.3, -0.25) is 4.79 Å². The SMILES string of the molecule is CCCC1(C)CC(=O)CCN1C. The van der Waals surface area contributed by atoms with Crippen LogP contribution in [0.15, 0.2) is 0 Å². The Hall–Kier alpha value is -0.370. The number of Topliss-reactive ketones (excluding diaryl/α,β-unsaturated/α-hetero) is 1. The van der Waals surface area contributed by atoms with E-state index in [9.17, 15) is 4.79 Å². The number of hydrogen-bond donors (Lipinski definition) is 0. The van der Waals surface area contributed by atoms with Crippen LogP contribution >= 0.6 is 0 Å². The molecule has 70 valence electrons. The van der Waals surface area contributed by atoms with E-state index < -0.39 is 0 Å². The van der Waals surface area contributed by atoms with Gasteiger partial charge in [0, 0.05) is 24.9 Å². The molecule has 0 amide bonds. The van der Waals surface area contributed by atoms with Gasteiger partial charge in [-0.2, -0.15) is 0 Å². The molecular formula is C10H19NO. The maximum atomic E-state index is 11.3. The summed E-state index contributed by atoms with van der Waals surface area (Å²) in [5.74, 6) is 0.434. The Morgan fingerprint density at radius 3 is 2.83 bits per heavy atom. The monoisotopic (exact) mass is 169 g/mol. The molecule has 0 spiro atoms. The number of likely N-dealkylation sites (tertiary alicyclic amines) is 1. The molecule has 1 saturated heterocycles. The molecule has 1 unspecified atom stereocenters. The van der Waals surface area contributed by atoms with E-state index in [4.69, 9.17) is 0 Å². The fraction of sp³-hybridized carbons (Fsp3) is 0.900. The lowest BCUT2D eigenvalue weighted by molar-refractivity contribution is -0.125. The number of piperidine rings is 1. The van der Waals surface area contributed by atoms with Gasteiger partial charge in [-0.15, -0.1) is 0 Å². The first-order chi connectivity index (χ1) is 5.58. The molecule has 12 heavy (non-hydrogen) atoms. The third-order valence-corrected chi connectivity index (χ3v) is 3.01. The van der Waals surface area contributed by atoms with E-state index in [0.29, 0.717) is 5.78 Å². The van der Waals surface area contributed by atoms with Crippen LogP contribution in [0.5, 0.6) is 0 Å². The molecule has 2 nitrogen and oxygen atoms in total. The maximum absolute atomic E-state index is 11.3. The molecule has 1 heterocycles. The van der Waals surface area contributed by atoms with Crippen LogP contribution in [0.1, 0.15) is 39.5 Å². The van der Waals surface area contributed by atoms with Gasteiger partial charge in [0.05, 0.1) is 0 Å². The summed E-state index contributed by atoms with van der Waals surface area (Å²) >= 11 is 0. The van der Waals surface area contributed by atoms with Gasteiger partial charge in [-0.1, -0.05) is 13.3 Å². The van der Waals surface area contributed by atoms with Crippen LogP contribution in [0.4, 0.5) is 0 Å². The number of hydrogen-bond acceptors (Lipinski definition) is 2. The summed E-state index contributed by atoms with van der Waals surface area (Å²) in [5.41, 5.74) is 0.143. The summed E-state index contributed by atoms with van der Waals surface area (Å²) in [4.78, 5) is 13.6. The lowest BCUT2D eigenvalue weighted by atomic mass is 9.84. The average Bonchev–Trinajstić information content (AvgIpc) is 1.98. The Kier molecular flexibility index (Phi) is 2.89. The first-order valence-electron chi connectivity index (χ1n) is 4.81. The summed E-state index contributed by atoms with van der Waals surface area (Å²) in [6.45, 7) is 5.32. The summed E-state index contributed by atoms with van der Waals surface area (Å²) in [6.07, 6.45) is 3.79. The van der Waals surface area contributed by atoms with E-state index in [2.05, 4.69) is 25.8 Å². The second-order valence-electron chi connectivity index (χ2n) is 4.13. The Morgan fingerprint density at radius 2 is 2.25 bits per heavy atom.